The topological polar surface area (TPSA) is 102 Å². The Labute approximate surface area is 153 Å². The molecule has 1 aromatic heterocycles. The lowest BCUT2D eigenvalue weighted by Gasteiger charge is -2.08. The van der Waals surface area contributed by atoms with E-state index in [4.69, 9.17) is 5.14 Å². The zero-order chi connectivity index (χ0) is 17.7. The predicted molar refractivity (Wildman–Crippen MR) is 97.6 cm³/mol. The molecule has 0 aliphatic rings. The SMILES string of the molecule is Cc1csc(CCCCNC(=O)c2cc(S(N)(=O)=O)ccc2Br)n1. The highest BCUT2D eigenvalue weighted by Gasteiger charge is 2.15. The molecule has 0 aliphatic carbocycles. The van der Waals surface area contributed by atoms with Crippen LogP contribution in [-0.2, 0) is 16.4 Å². The molecule has 130 valence electrons. The molecule has 0 atom stereocenters. The Morgan fingerprint density at radius 2 is 2.12 bits per heavy atom. The van der Waals surface area contributed by atoms with Crippen LogP contribution in [0.5, 0.6) is 0 Å². The minimum Gasteiger partial charge on any atom is -0.352 e. The highest BCUT2D eigenvalue weighted by Crippen LogP contribution is 2.20. The summed E-state index contributed by atoms with van der Waals surface area (Å²) in [6, 6.07) is 4.12. The fraction of sp³-hybridized carbons (Fsp3) is 0.333. The molecule has 9 heteroatoms. The molecule has 3 N–H and O–H groups in total. The molecule has 2 aromatic rings. The van der Waals surface area contributed by atoms with Gasteiger partial charge in [0.25, 0.3) is 5.91 Å². The van der Waals surface area contributed by atoms with Gasteiger partial charge in [-0.15, -0.1) is 11.3 Å². The van der Waals surface area contributed by atoms with Crippen molar-refractivity contribution in [2.24, 2.45) is 5.14 Å². The number of nitrogens with one attached hydrogen (secondary N) is 1. The van der Waals surface area contributed by atoms with Crippen molar-refractivity contribution in [3.05, 3.63) is 44.3 Å². The van der Waals surface area contributed by atoms with Gasteiger partial charge in [0.05, 0.1) is 15.5 Å². The molecule has 0 aliphatic heterocycles. The first kappa shape index (κ1) is 19.0. The van der Waals surface area contributed by atoms with E-state index in [9.17, 15) is 13.2 Å². The Hall–Kier alpha value is -1.29. The normalized spacial score (nSPS) is 11.5. The van der Waals surface area contributed by atoms with Crippen LogP contribution in [0.4, 0.5) is 0 Å². The molecule has 0 saturated heterocycles. The van der Waals surface area contributed by atoms with Crippen molar-refractivity contribution in [1.82, 2.24) is 10.3 Å². The van der Waals surface area contributed by atoms with Gasteiger partial charge in [-0.25, -0.2) is 18.5 Å². The van der Waals surface area contributed by atoms with Crippen LogP contribution in [0.1, 0.15) is 33.9 Å². The van der Waals surface area contributed by atoms with Crippen molar-refractivity contribution in [3.8, 4) is 0 Å². The number of halogens is 1. The van der Waals surface area contributed by atoms with E-state index < -0.39 is 10.0 Å². The number of aromatic nitrogens is 1. The second-order valence-corrected chi connectivity index (χ2v) is 8.64. The van der Waals surface area contributed by atoms with Crippen LogP contribution < -0.4 is 10.5 Å². The third kappa shape index (κ3) is 5.37. The number of unbranched alkanes of at least 4 members (excludes halogenated alkanes) is 1. The molecule has 0 saturated carbocycles. The highest BCUT2D eigenvalue weighted by molar-refractivity contribution is 9.10. The van der Waals surface area contributed by atoms with Crippen molar-refractivity contribution in [1.29, 1.82) is 0 Å². The Bertz CT molecular complexity index is 834. The number of carbonyl (C=O) groups is 1. The summed E-state index contributed by atoms with van der Waals surface area (Å²) in [4.78, 5) is 16.5. The van der Waals surface area contributed by atoms with Crippen molar-refractivity contribution in [2.75, 3.05) is 6.54 Å². The van der Waals surface area contributed by atoms with Crippen molar-refractivity contribution in [2.45, 2.75) is 31.1 Å². The molecule has 2 rings (SSSR count). The van der Waals surface area contributed by atoms with Gasteiger partial charge in [-0.2, -0.15) is 0 Å². The number of amides is 1. The van der Waals surface area contributed by atoms with Gasteiger partial charge >= 0.3 is 0 Å². The standard InChI is InChI=1S/C15H18BrN3O3S2/c1-10-9-23-14(19-10)4-2-3-7-18-15(20)12-8-11(24(17,21)22)5-6-13(12)16/h5-6,8-9H,2-4,7H2,1H3,(H,18,20)(H2,17,21,22). The number of primary sulfonamides is 1. The average Bonchev–Trinajstić information content (AvgIpc) is 2.91. The van der Waals surface area contributed by atoms with Crippen molar-refractivity contribution >= 4 is 43.2 Å². The summed E-state index contributed by atoms with van der Waals surface area (Å²) < 4.78 is 23.3. The second kappa shape index (κ2) is 8.19. The van der Waals surface area contributed by atoms with Crippen molar-refractivity contribution in [3.63, 3.8) is 0 Å². The summed E-state index contributed by atoms with van der Waals surface area (Å²) in [5.74, 6) is -0.336. The highest BCUT2D eigenvalue weighted by atomic mass is 79.9. The number of thiazole rings is 1. The first-order chi connectivity index (χ1) is 11.3. The number of carbonyl (C=O) groups excluding carboxylic acids is 1. The Balaban J connectivity index is 1.86. The molecule has 0 spiro atoms. The summed E-state index contributed by atoms with van der Waals surface area (Å²) >= 11 is 4.89. The minimum absolute atomic E-state index is 0.0880. The second-order valence-electron chi connectivity index (χ2n) is 5.28. The zero-order valence-electron chi connectivity index (χ0n) is 13.1. The number of sulfonamides is 1. The molecule has 1 amide bonds. The number of aryl methyl sites for hydroxylation is 2. The monoisotopic (exact) mass is 431 g/mol. The van der Waals surface area contributed by atoms with Crippen LogP contribution in [0.3, 0.4) is 0 Å². The summed E-state index contributed by atoms with van der Waals surface area (Å²) in [6.45, 7) is 2.48. The van der Waals surface area contributed by atoms with Gasteiger partial charge < -0.3 is 5.32 Å². The van der Waals surface area contributed by atoms with Gasteiger partial charge in [0.1, 0.15) is 0 Å². The summed E-state index contributed by atoms with van der Waals surface area (Å²) in [7, 11) is -3.84. The maximum Gasteiger partial charge on any atom is 0.252 e. The Kier molecular flexibility index (Phi) is 6.50. The van der Waals surface area contributed by atoms with E-state index in [-0.39, 0.29) is 16.4 Å². The molecular weight excluding hydrogens is 414 g/mol. The first-order valence-corrected chi connectivity index (χ1v) is 10.5. The lowest BCUT2D eigenvalue weighted by Crippen LogP contribution is -2.25. The van der Waals surface area contributed by atoms with Crippen LogP contribution in [0.15, 0.2) is 32.9 Å². The molecule has 0 bridgehead atoms. The molecule has 1 aromatic carbocycles. The smallest absolute Gasteiger partial charge is 0.252 e. The maximum absolute atomic E-state index is 12.2. The fourth-order valence-electron chi connectivity index (χ4n) is 2.07. The third-order valence-corrected chi connectivity index (χ3v) is 5.91. The molecule has 0 unspecified atom stereocenters. The van der Waals surface area contributed by atoms with E-state index in [2.05, 4.69) is 26.2 Å². The lowest BCUT2D eigenvalue weighted by molar-refractivity contribution is 0.0952. The summed E-state index contributed by atoms with van der Waals surface area (Å²) in [5, 5.41) is 11.0. The van der Waals surface area contributed by atoms with Gasteiger partial charge in [-0.1, -0.05) is 0 Å². The maximum atomic E-state index is 12.2. The molecular formula is C15H18BrN3O3S2. The number of nitrogens with two attached hydrogens (primary N) is 1. The van der Waals surface area contributed by atoms with Crippen molar-refractivity contribution < 1.29 is 13.2 Å². The minimum atomic E-state index is -3.84. The van der Waals surface area contributed by atoms with E-state index in [0.717, 1.165) is 30.0 Å². The van der Waals surface area contributed by atoms with Crippen LogP contribution >= 0.6 is 27.3 Å². The quantitative estimate of drug-likeness (QED) is 0.657. The van der Waals surface area contributed by atoms with Gasteiger partial charge in [0.2, 0.25) is 10.0 Å². The number of nitrogens with zero attached hydrogens (tertiary/aromatic N) is 1. The zero-order valence-corrected chi connectivity index (χ0v) is 16.3. The largest absolute Gasteiger partial charge is 0.352 e. The number of benzene rings is 1. The van der Waals surface area contributed by atoms with E-state index >= 15 is 0 Å². The molecule has 6 nitrogen and oxygen atoms in total. The molecule has 24 heavy (non-hydrogen) atoms. The van der Waals surface area contributed by atoms with Crippen LogP contribution in [0.2, 0.25) is 0 Å². The number of rotatable bonds is 7. The third-order valence-electron chi connectivity index (χ3n) is 3.28. The Morgan fingerprint density at radius 3 is 2.75 bits per heavy atom. The van der Waals surface area contributed by atoms with Gasteiger partial charge in [0, 0.05) is 22.1 Å². The molecule has 1 heterocycles. The van der Waals surface area contributed by atoms with Crippen LogP contribution in [-0.4, -0.2) is 25.9 Å². The van der Waals surface area contributed by atoms with E-state index in [0.29, 0.717) is 11.0 Å². The van der Waals surface area contributed by atoms with E-state index in [1.165, 1.54) is 18.2 Å². The lowest BCUT2D eigenvalue weighted by atomic mass is 10.2. The first-order valence-electron chi connectivity index (χ1n) is 7.29. The predicted octanol–water partition coefficient (Wildman–Crippen LogP) is 2.61. The van der Waals surface area contributed by atoms with E-state index in [1.54, 1.807) is 11.3 Å². The van der Waals surface area contributed by atoms with Gasteiger partial charge in [-0.05, 0) is 60.3 Å². The van der Waals surface area contributed by atoms with Crippen LogP contribution in [0, 0.1) is 6.92 Å². The van der Waals surface area contributed by atoms with Gasteiger partial charge in [-0.3, -0.25) is 4.79 Å². The fourth-order valence-corrected chi connectivity index (χ4v) is 3.86. The Morgan fingerprint density at radius 1 is 1.38 bits per heavy atom. The summed E-state index contributed by atoms with van der Waals surface area (Å²) in [5.41, 5.74) is 1.28. The number of hydrogen-bond donors (Lipinski definition) is 2. The van der Waals surface area contributed by atoms with Gasteiger partial charge in [0.15, 0.2) is 0 Å². The molecule has 0 fully saturated rings. The van der Waals surface area contributed by atoms with Crippen LogP contribution in [0.25, 0.3) is 0 Å². The average molecular weight is 432 g/mol. The van der Waals surface area contributed by atoms with E-state index in [1.807, 2.05) is 12.3 Å². The summed E-state index contributed by atoms with van der Waals surface area (Å²) in [6.07, 6.45) is 2.63. The molecule has 0 radical (unpaired) electrons. The number of hydrogen-bond acceptors (Lipinski definition) is 5.